The molecule has 20 heavy (non-hydrogen) atoms. The van der Waals surface area contributed by atoms with E-state index in [4.69, 9.17) is 0 Å². The highest BCUT2D eigenvalue weighted by atomic mass is 15.1. The Hall–Kier alpha value is -0.860. The average Bonchev–Trinajstić information content (AvgIpc) is 2.38. The fraction of sp³-hybridized carbons (Fsp3) is 0.667. The number of nitrogens with one attached hydrogen (secondary N) is 1. The molecule has 0 fully saturated rings. The molecule has 0 heterocycles. The van der Waals surface area contributed by atoms with E-state index in [-0.39, 0.29) is 0 Å². The second kappa shape index (κ2) is 8.43. The van der Waals surface area contributed by atoms with E-state index < -0.39 is 0 Å². The molecule has 0 aliphatic heterocycles. The molecule has 1 aromatic carbocycles. The first kappa shape index (κ1) is 17.2. The summed E-state index contributed by atoms with van der Waals surface area (Å²) in [4.78, 5) is 2.45. The molecule has 2 heteroatoms. The molecule has 1 atom stereocenters. The van der Waals surface area contributed by atoms with Gasteiger partial charge in [-0.3, -0.25) is 0 Å². The molecule has 0 aromatic heterocycles. The van der Waals surface area contributed by atoms with Gasteiger partial charge in [0.2, 0.25) is 0 Å². The van der Waals surface area contributed by atoms with Crippen molar-refractivity contribution in [3.8, 4) is 0 Å². The van der Waals surface area contributed by atoms with Crippen LogP contribution in [0.25, 0.3) is 0 Å². The van der Waals surface area contributed by atoms with Crippen LogP contribution in [0.4, 0.5) is 0 Å². The molecule has 2 nitrogen and oxygen atoms in total. The zero-order chi connectivity index (χ0) is 15.0. The molecule has 1 aromatic rings. The van der Waals surface area contributed by atoms with Gasteiger partial charge in [0, 0.05) is 12.6 Å². The van der Waals surface area contributed by atoms with Gasteiger partial charge in [-0.1, -0.05) is 58.0 Å². The average molecular weight is 276 g/mol. The quantitative estimate of drug-likeness (QED) is 0.769. The van der Waals surface area contributed by atoms with Gasteiger partial charge in [0.1, 0.15) is 0 Å². The molecule has 0 saturated heterocycles. The minimum absolute atomic E-state index is 0.369. The number of hydrogen-bond acceptors (Lipinski definition) is 2. The summed E-state index contributed by atoms with van der Waals surface area (Å²) in [6, 6.07) is 11.3. The molecule has 0 radical (unpaired) electrons. The minimum atomic E-state index is 0.369. The molecule has 0 aliphatic rings. The highest BCUT2D eigenvalue weighted by molar-refractivity contribution is 5.18. The van der Waals surface area contributed by atoms with Crippen molar-refractivity contribution in [3.63, 3.8) is 0 Å². The standard InChI is InChI=1S/C18H32N2/c1-6-13-19-17(16-10-8-7-9-11-16)12-14-20(5)15-18(2,3)4/h7-11,17,19H,6,12-15H2,1-5H3. The maximum Gasteiger partial charge on any atom is 0.0332 e. The van der Waals surface area contributed by atoms with Crippen LogP contribution in [0, 0.1) is 5.41 Å². The Balaban J connectivity index is 2.53. The summed E-state index contributed by atoms with van der Waals surface area (Å²) in [5, 5.41) is 3.68. The smallest absolute Gasteiger partial charge is 0.0332 e. The molecule has 0 aliphatic carbocycles. The van der Waals surface area contributed by atoms with Crippen molar-refractivity contribution in [3.05, 3.63) is 35.9 Å². The molecule has 0 saturated carbocycles. The largest absolute Gasteiger partial charge is 0.310 e. The Bertz CT molecular complexity index is 353. The minimum Gasteiger partial charge on any atom is -0.310 e. The lowest BCUT2D eigenvalue weighted by molar-refractivity contribution is 0.217. The van der Waals surface area contributed by atoms with E-state index in [1.165, 1.54) is 12.0 Å². The number of hydrogen-bond donors (Lipinski definition) is 1. The Kier molecular flexibility index (Phi) is 7.25. The summed E-state index contributed by atoms with van der Waals surface area (Å²) in [6.07, 6.45) is 2.34. The third-order valence-corrected chi connectivity index (χ3v) is 3.39. The van der Waals surface area contributed by atoms with Crippen LogP contribution in [-0.2, 0) is 0 Å². The Morgan fingerprint density at radius 1 is 1.15 bits per heavy atom. The second-order valence-electron chi connectivity index (χ2n) is 7.00. The van der Waals surface area contributed by atoms with Crippen molar-refractivity contribution in [2.45, 2.75) is 46.6 Å². The molecular formula is C18H32N2. The maximum absolute atomic E-state index is 3.68. The lowest BCUT2D eigenvalue weighted by Gasteiger charge is -2.28. The van der Waals surface area contributed by atoms with Gasteiger partial charge >= 0.3 is 0 Å². The molecule has 0 spiro atoms. The van der Waals surface area contributed by atoms with E-state index >= 15 is 0 Å². The zero-order valence-electron chi connectivity index (χ0n) is 13.9. The van der Waals surface area contributed by atoms with Crippen LogP contribution in [0.1, 0.15) is 52.1 Å². The van der Waals surface area contributed by atoms with Crippen LogP contribution in [-0.4, -0.2) is 31.6 Å². The summed E-state index contributed by atoms with van der Waals surface area (Å²) in [7, 11) is 2.23. The maximum atomic E-state index is 3.68. The molecule has 0 amide bonds. The molecular weight excluding hydrogens is 244 g/mol. The van der Waals surface area contributed by atoms with Crippen LogP contribution in [0.5, 0.6) is 0 Å². The van der Waals surface area contributed by atoms with Crippen molar-refractivity contribution >= 4 is 0 Å². The molecule has 1 N–H and O–H groups in total. The van der Waals surface area contributed by atoms with Crippen molar-refractivity contribution in [2.24, 2.45) is 5.41 Å². The first-order valence-corrected chi connectivity index (χ1v) is 7.89. The Labute approximate surface area is 125 Å². The lowest BCUT2D eigenvalue weighted by atomic mass is 9.96. The number of rotatable bonds is 8. The topological polar surface area (TPSA) is 15.3 Å². The highest BCUT2D eigenvalue weighted by Gasteiger charge is 2.15. The summed E-state index contributed by atoms with van der Waals surface area (Å²) in [6.45, 7) is 12.5. The normalized spacial score (nSPS) is 13.7. The summed E-state index contributed by atoms with van der Waals surface area (Å²) in [5.41, 5.74) is 1.78. The van der Waals surface area contributed by atoms with Crippen molar-refractivity contribution in [1.82, 2.24) is 10.2 Å². The fourth-order valence-electron chi connectivity index (χ4n) is 2.63. The van der Waals surface area contributed by atoms with Gasteiger partial charge in [-0.05, 0) is 44.0 Å². The zero-order valence-corrected chi connectivity index (χ0v) is 13.9. The molecule has 1 unspecified atom stereocenters. The van der Waals surface area contributed by atoms with Crippen LogP contribution in [0.3, 0.4) is 0 Å². The van der Waals surface area contributed by atoms with Crippen molar-refractivity contribution < 1.29 is 0 Å². The predicted octanol–water partition coefficient (Wildman–Crippen LogP) is 4.10. The van der Waals surface area contributed by atoms with E-state index in [9.17, 15) is 0 Å². The van der Waals surface area contributed by atoms with Crippen molar-refractivity contribution in [1.29, 1.82) is 0 Å². The Morgan fingerprint density at radius 2 is 1.80 bits per heavy atom. The van der Waals surface area contributed by atoms with Gasteiger partial charge in [-0.2, -0.15) is 0 Å². The van der Waals surface area contributed by atoms with Crippen LogP contribution in [0.2, 0.25) is 0 Å². The van der Waals surface area contributed by atoms with Crippen LogP contribution >= 0.6 is 0 Å². The van der Waals surface area contributed by atoms with Crippen molar-refractivity contribution in [2.75, 3.05) is 26.7 Å². The van der Waals surface area contributed by atoms with E-state index in [1.807, 2.05) is 0 Å². The fourth-order valence-corrected chi connectivity index (χ4v) is 2.63. The number of benzene rings is 1. The summed E-state index contributed by atoms with van der Waals surface area (Å²) < 4.78 is 0. The molecule has 0 bridgehead atoms. The van der Waals surface area contributed by atoms with Crippen LogP contribution in [0.15, 0.2) is 30.3 Å². The first-order chi connectivity index (χ1) is 9.42. The molecule has 1 rings (SSSR count). The SMILES string of the molecule is CCCNC(CCN(C)CC(C)(C)C)c1ccccc1. The van der Waals surface area contributed by atoms with E-state index in [0.717, 1.165) is 26.1 Å². The third kappa shape index (κ3) is 7.06. The highest BCUT2D eigenvalue weighted by Crippen LogP contribution is 2.19. The number of nitrogens with zero attached hydrogens (tertiary/aromatic N) is 1. The summed E-state index contributed by atoms with van der Waals surface area (Å²) in [5.74, 6) is 0. The second-order valence-corrected chi connectivity index (χ2v) is 7.00. The molecule has 114 valence electrons. The van der Waals surface area contributed by atoms with Gasteiger partial charge in [0.05, 0.1) is 0 Å². The van der Waals surface area contributed by atoms with E-state index in [2.05, 4.69) is 75.3 Å². The lowest BCUT2D eigenvalue weighted by Crippen LogP contribution is -2.32. The van der Waals surface area contributed by atoms with Crippen LogP contribution < -0.4 is 5.32 Å². The first-order valence-electron chi connectivity index (χ1n) is 7.89. The van der Waals surface area contributed by atoms with Gasteiger partial charge in [-0.25, -0.2) is 0 Å². The van der Waals surface area contributed by atoms with Gasteiger partial charge in [0.15, 0.2) is 0 Å². The third-order valence-electron chi connectivity index (χ3n) is 3.39. The van der Waals surface area contributed by atoms with Gasteiger partial charge in [0.25, 0.3) is 0 Å². The van der Waals surface area contributed by atoms with Gasteiger partial charge < -0.3 is 10.2 Å². The van der Waals surface area contributed by atoms with E-state index in [1.54, 1.807) is 0 Å². The summed E-state index contributed by atoms with van der Waals surface area (Å²) >= 11 is 0. The van der Waals surface area contributed by atoms with Gasteiger partial charge in [-0.15, -0.1) is 0 Å². The monoisotopic (exact) mass is 276 g/mol. The van der Waals surface area contributed by atoms with E-state index in [0.29, 0.717) is 11.5 Å². The Morgan fingerprint density at radius 3 is 2.35 bits per heavy atom. The predicted molar refractivity (Wildman–Crippen MR) is 89.0 cm³/mol.